The van der Waals surface area contributed by atoms with Crippen molar-refractivity contribution in [3.63, 3.8) is 0 Å². The lowest BCUT2D eigenvalue weighted by molar-refractivity contribution is 0.0374. The van der Waals surface area contributed by atoms with E-state index in [4.69, 9.17) is 9.47 Å². The Hall–Kier alpha value is -1.62. The van der Waals surface area contributed by atoms with Crippen LogP contribution in [0.3, 0.4) is 0 Å². The fourth-order valence-electron chi connectivity index (χ4n) is 2.15. The Morgan fingerprint density at radius 1 is 1.47 bits per heavy atom. The molecule has 2 N–H and O–H groups in total. The third kappa shape index (κ3) is 2.87. The highest BCUT2D eigenvalue weighted by molar-refractivity contribution is 5.85. The third-order valence-electron chi connectivity index (χ3n) is 3.17. The Kier molecular flexibility index (Phi) is 4.52. The van der Waals surface area contributed by atoms with Crippen LogP contribution in [0.15, 0.2) is 18.2 Å². The number of rotatable bonds is 2. The predicted octanol–water partition coefficient (Wildman–Crippen LogP) is 2.63. The highest BCUT2D eigenvalue weighted by Crippen LogP contribution is 2.43. The molecule has 0 aliphatic carbocycles. The van der Waals surface area contributed by atoms with E-state index < -0.39 is 6.09 Å². The van der Waals surface area contributed by atoms with Crippen molar-refractivity contribution in [2.75, 3.05) is 13.7 Å². The Bertz CT molecular complexity index is 476. The van der Waals surface area contributed by atoms with Gasteiger partial charge in [-0.1, -0.05) is 19.9 Å². The standard InChI is InChI=1S/C13H17NO4.ClH/c1-13(2)7-18-12(16)14-11(13)10-8(15)5-4-6-9(10)17-3;/h4-6,11,15H,7H2,1-3H3,(H,14,16);1H/t11-;/m1./s1. The smallest absolute Gasteiger partial charge is 0.407 e. The SMILES string of the molecule is COc1cccc(O)c1[C@H]1NC(=O)OCC1(C)C.Cl. The van der Waals surface area contributed by atoms with E-state index in [1.54, 1.807) is 18.2 Å². The van der Waals surface area contributed by atoms with E-state index in [9.17, 15) is 9.90 Å². The van der Waals surface area contributed by atoms with Crippen molar-refractivity contribution in [2.24, 2.45) is 5.41 Å². The van der Waals surface area contributed by atoms with Crippen LogP contribution < -0.4 is 10.1 Å². The van der Waals surface area contributed by atoms with Crippen molar-refractivity contribution in [2.45, 2.75) is 19.9 Å². The summed E-state index contributed by atoms with van der Waals surface area (Å²) in [6, 6.07) is 4.68. The number of phenols is 1. The second kappa shape index (κ2) is 5.57. The first-order chi connectivity index (χ1) is 8.45. The zero-order valence-corrected chi connectivity index (χ0v) is 11.9. The van der Waals surface area contributed by atoms with Crippen LogP contribution >= 0.6 is 12.4 Å². The Morgan fingerprint density at radius 2 is 2.16 bits per heavy atom. The Balaban J connectivity index is 0.00000180. The van der Waals surface area contributed by atoms with E-state index in [-0.39, 0.29) is 29.6 Å². The van der Waals surface area contributed by atoms with Crippen LogP contribution in [-0.2, 0) is 4.74 Å². The van der Waals surface area contributed by atoms with Gasteiger partial charge in [-0.3, -0.25) is 0 Å². The summed E-state index contributed by atoms with van der Waals surface area (Å²) in [5.74, 6) is 0.657. The molecule has 2 rings (SSSR count). The van der Waals surface area contributed by atoms with Crippen LogP contribution in [0.25, 0.3) is 0 Å². The number of aromatic hydroxyl groups is 1. The van der Waals surface area contributed by atoms with E-state index in [0.717, 1.165) is 0 Å². The maximum absolute atomic E-state index is 11.4. The summed E-state index contributed by atoms with van der Waals surface area (Å²) in [6.45, 7) is 4.22. The van der Waals surface area contributed by atoms with Crippen LogP contribution in [0.5, 0.6) is 11.5 Å². The van der Waals surface area contributed by atoms with E-state index in [1.807, 2.05) is 13.8 Å². The predicted molar refractivity (Wildman–Crippen MR) is 72.9 cm³/mol. The number of halogens is 1. The minimum Gasteiger partial charge on any atom is -0.507 e. The Morgan fingerprint density at radius 3 is 2.79 bits per heavy atom. The van der Waals surface area contributed by atoms with Crippen LogP contribution in [0.1, 0.15) is 25.5 Å². The summed E-state index contributed by atoms with van der Waals surface area (Å²) in [4.78, 5) is 11.4. The van der Waals surface area contributed by atoms with E-state index in [0.29, 0.717) is 17.9 Å². The molecule has 19 heavy (non-hydrogen) atoms. The van der Waals surface area contributed by atoms with Crippen LogP contribution in [0, 0.1) is 5.41 Å². The number of hydrogen-bond acceptors (Lipinski definition) is 4. The van der Waals surface area contributed by atoms with Gasteiger partial charge < -0.3 is 19.9 Å². The van der Waals surface area contributed by atoms with E-state index >= 15 is 0 Å². The van der Waals surface area contributed by atoms with Gasteiger partial charge in [0.2, 0.25) is 0 Å². The lowest BCUT2D eigenvalue weighted by Crippen LogP contribution is -2.47. The van der Waals surface area contributed by atoms with Crippen molar-refractivity contribution >= 4 is 18.5 Å². The number of phenolic OH excluding ortho intramolecular Hbond substituents is 1. The lowest BCUT2D eigenvalue weighted by atomic mass is 9.79. The average Bonchev–Trinajstić information content (AvgIpc) is 2.32. The van der Waals surface area contributed by atoms with E-state index in [1.165, 1.54) is 7.11 Å². The van der Waals surface area contributed by atoms with Crippen LogP contribution in [0.2, 0.25) is 0 Å². The van der Waals surface area contributed by atoms with Gasteiger partial charge in [0, 0.05) is 5.41 Å². The number of alkyl carbamates (subject to hydrolysis) is 1. The minimum atomic E-state index is -0.482. The molecule has 0 bridgehead atoms. The number of methoxy groups -OCH3 is 1. The lowest BCUT2D eigenvalue weighted by Gasteiger charge is -2.39. The summed E-state index contributed by atoms with van der Waals surface area (Å²) in [5, 5.41) is 12.8. The second-order valence-corrected chi connectivity index (χ2v) is 5.04. The normalized spacial score (nSPS) is 20.8. The molecular weight excluding hydrogens is 270 g/mol. The molecule has 0 spiro atoms. The van der Waals surface area contributed by atoms with Crippen molar-refractivity contribution in [3.05, 3.63) is 23.8 Å². The first kappa shape index (κ1) is 15.4. The molecule has 0 saturated carbocycles. The van der Waals surface area contributed by atoms with Gasteiger partial charge in [-0.25, -0.2) is 4.79 Å². The topological polar surface area (TPSA) is 67.8 Å². The summed E-state index contributed by atoms with van der Waals surface area (Å²) in [6.07, 6.45) is -0.482. The minimum absolute atomic E-state index is 0. The molecule has 1 aromatic carbocycles. The summed E-state index contributed by atoms with van der Waals surface area (Å²) < 4.78 is 10.2. The van der Waals surface area contributed by atoms with Crippen molar-refractivity contribution < 1.29 is 19.4 Å². The fourth-order valence-corrected chi connectivity index (χ4v) is 2.15. The maximum atomic E-state index is 11.4. The summed E-state index contributed by atoms with van der Waals surface area (Å²) >= 11 is 0. The van der Waals surface area contributed by atoms with Gasteiger partial charge in [0.15, 0.2) is 0 Å². The largest absolute Gasteiger partial charge is 0.507 e. The maximum Gasteiger partial charge on any atom is 0.407 e. The van der Waals surface area contributed by atoms with Gasteiger partial charge in [-0.15, -0.1) is 12.4 Å². The third-order valence-corrected chi connectivity index (χ3v) is 3.17. The molecular formula is C13H18ClNO4. The molecule has 0 radical (unpaired) electrons. The molecule has 0 unspecified atom stereocenters. The molecule has 0 aromatic heterocycles. The Labute approximate surface area is 118 Å². The highest BCUT2D eigenvalue weighted by Gasteiger charge is 2.40. The zero-order valence-electron chi connectivity index (χ0n) is 11.1. The molecule has 1 heterocycles. The number of hydrogen-bond donors (Lipinski definition) is 2. The molecule has 1 aliphatic rings. The number of carbonyl (C=O) groups is 1. The quantitative estimate of drug-likeness (QED) is 0.877. The number of benzene rings is 1. The number of cyclic esters (lactones) is 1. The van der Waals surface area contributed by atoms with E-state index in [2.05, 4.69) is 5.32 Å². The van der Waals surface area contributed by atoms with Crippen molar-refractivity contribution in [1.82, 2.24) is 5.32 Å². The van der Waals surface area contributed by atoms with Gasteiger partial charge in [0.25, 0.3) is 0 Å². The molecule has 6 heteroatoms. The average molecular weight is 288 g/mol. The van der Waals surface area contributed by atoms with Gasteiger partial charge in [0.05, 0.1) is 18.7 Å². The summed E-state index contributed by atoms with van der Waals surface area (Å²) in [7, 11) is 1.53. The number of carbonyl (C=O) groups excluding carboxylic acids is 1. The molecule has 1 saturated heterocycles. The van der Waals surface area contributed by atoms with Crippen molar-refractivity contribution in [3.8, 4) is 11.5 Å². The first-order valence-corrected chi connectivity index (χ1v) is 5.75. The van der Waals surface area contributed by atoms with Crippen LogP contribution in [0.4, 0.5) is 4.79 Å². The molecule has 1 atom stereocenters. The monoisotopic (exact) mass is 287 g/mol. The molecule has 1 fully saturated rings. The second-order valence-electron chi connectivity index (χ2n) is 5.04. The van der Waals surface area contributed by atoms with Crippen molar-refractivity contribution in [1.29, 1.82) is 0 Å². The molecule has 1 aliphatic heterocycles. The van der Waals surface area contributed by atoms with Gasteiger partial charge in [-0.05, 0) is 12.1 Å². The molecule has 5 nitrogen and oxygen atoms in total. The summed E-state index contributed by atoms with van der Waals surface area (Å²) in [5.41, 5.74) is 0.252. The van der Waals surface area contributed by atoms with Crippen LogP contribution in [-0.4, -0.2) is 24.9 Å². The number of nitrogens with one attached hydrogen (secondary N) is 1. The molecule has 1 aromatic rings. The van der Waals surface area contributed by atoms with Gasteiger partial charge in [-0.2, -0.15) is 0 Å². The fraction of sp³-hybridized carbons (Fsp3) is 0.462. The molecule has 106 valence electrons. The molecule has 1 amide bonds. The van der Waals surface area contributed by atoms with Gasteiger partial charge >= 0.3 is 6.09 Å². The highest BCUT2D eigenvalue weighted by atomic mass is 35.5. The van der Waals surface area contributed by atoms with Gasteiger partial charge in [0.1, 0.15) is 18.1 Å². The number of ether oxygens (including phenoxy) is 2. The number of amides is 1. The first-order valence-electron chi connectivity index (χ1n) is 5.75. The zero-order chi connectivity index (χ0) is 13.3.